The first-order valence-electron chi connectivity index (χ1n) is 20.0. The van der Waals surface area contributed by atoms with Crippen molar-refractivity contribution in [3.8, 4) is 0 Å². The van der Waals surface area contributed by atoms with Gasteiger partial charge in [0, 0.05) is 53.6 Å². The number of hydrogen-bond donors (Lipinski definition) is 8. The zero-order valence-electron chi connectivity index (χ0n) is 33.5. The largest absolute Gasteiger partial charge is 0.377 e. The zero-order chi connectivity index (χ0) is 42.9. The number of aromatic amines is 1. The topological polar surface area (TPSA) is 223 Å². The lowest BCUT2D eigenvalue weighted by Crippen LogP contribution is -2.58. The Balaban J connectivity index is 1.35. The van der Waals surface area contributed by atoms with Crippen LogP contribution in [0.5, 0.6) is 0 Å². The number of nitrogens with zero attached hydrogens (tertiary/aromatic N) is 1. The van der Waals surface area contributed by atoms with Crippen LogP contribution in [0, 0.1) is 0 Å². The number of hydrogen-bond acceptors (Lipinski definition) is 6. The van der Waals surface area contributed by atoms with Gasteiger partial charge in [0.15, 0.2) is 5.96 Å². The van der Waals surface area contributed by atoms with Gasteiger partial charge in [-0.2, -0.15) is 0 Å². The molecule has 0 bridgehead atoms. The minimum Gasteiger partial charge on any atom is -0.377 e. The van der Waals surface area contributed by atoms with E-state index in [2.05, 4.69) is 50.0 Å². The van der Waals surface area contributed by atoms with Crippen molar-refractivity contribution in [3.05, 3.63) is 155 Å². The van der Waals surface area contributed by atoms with Gasteiger partial charge in [0.25, 0.3) is 0 Å². The molecule has 0 saturated carbocycles. The molecule has 0 spiro atoms. The quantitative estimate of drug-likeness (QED) is 0.0270. The van der Waals surface area contributed by atoms with E-state index in [4.69, 9.17) is 28.8 Å². The number of halogens is 1. The van der Waals surface area contributed by atoms with Gasteiger partial charge >= 0.3 is 0 Å². The number of primary amides is 1. The molecule has 1 heterocycles. The van der Waals surface area contributed by atoms with Crippen LogP contribution in [0.3, 0.4) is 0 Å². The van der Waals surface area contributed by atoms with Crippen molar-refractivity contribution >= 4 is 52.1 Å². The summed E-state index contributed by atoms with van der Waals surface area (Å²) in [7, 11) is 0. The molecule has 4 aromatic carbocycles. The van der Waals surface area contributed by atoms with Gasteiger partial charge in [-0.15, -0.1) is 0 Å². The number of carbonyl (C=O) groups is 4. The number of carbonyl (C=O) groups excluding carboxylic acids is 4. The molecule has 11 N–H and O–H groups in total. The van der Waals surface area contributed by atoms with Gasteiger partial charge in [-0.05, 0) is 72.6 Å². The Hall–Kier alpha value is -6.60. The number of nitrogens with two attached hydrogens (primary N) is 3. The summed E-state index contributed by atoms with van der Waals surface area (Å²) in [5, 5.41) is 13.4. The number of para-hydroxylation sites is 1. The molecule has 0 unspecified atom stereocenters. The Bertz CT molecular complexity index is 2220. The van der Waals surface area contributed by atoms with Crippen LogP contribution in [0.4, 0.5) is 0 Å². The molecule has 314 valence electrons. The monoisotopic (exact) mass is 831 g/mol. The summed E-state index contributed by atoms with van der Waals surface area (Å²) >= 11 is 6.17. The lowest BCUT2D eigenvalue weighted by molar-refractivity contribution is -0.133. The molecule has 5 aromatic rings. The summed E-state index contributed by atoms with van der Waals surface area (Å²) in [5.74, 6) is -2.52. The number of amides is 4. The molecule has 4 amide bonds. The first kappa shape index (κ1) is 44.5. The van der Waals surface area contributed by atoms with Gasteiger partial charge < -0.3 is 43.5 Å². The third-order valence-electron chi connectivity index (χ3n) is 10.1. The van der Waals surface area contributed by atoms with E-state index < -0.39 is 47.8 Å². The van der Waals surface area contributed by atoms with Gasteiger partial charge in [0.1, 0.15) is 24.2 Å². The van der Waals surface area contributed by atoms with Crippen molar-refractivity contribution in [1.82, 2.24) is 26.3 Å². The number of allylic oxidation sites excluding steroid dienone is 1. The van der Waals surface area contributed by atoms with Crippen molar-refractivity contribution in [2.75, 3.05) is 6.54 Å². The SMILES string of the molecule is C=C(CCCc1ccccc1)N[C@@H](Cc1ccc(Cl)cc1)C(=O)N[C@H](Cc1ccccc1)C(=O)N[C@H](CCCN=C(N)N)C(=O)N[C@@H](Cc1c[nH]c2ccccc12)C(N)=O. The molecule has 60 heavy (non-hydrogen) atoms. The maximum Gasteiger partial charge on any atom is 0.243 e. The van der Waals surface area contributed by atoms with Crippen molar-refractivity contribution in [1.29, 1.82) is 0 Å². The Kier molecular flexibility index (Phi) is 16.7. The summed E-state index contributed by atoms with van der Waals surface area (Å²) in [4.78, 5) is 62.6. The molecule has 0 aliphatic rings. The zero-order valence-corrected chi connectivity index (χ0v) is 34.3. The molecule has 14 heteroatoms. The average molecular weight is 832 g/mol. The van der Waals surface area contributed by atoms with Gasteiger partial charge in [-0.3, -0.25) is 24.2 Å². The molecule has 0 fully saturated rings. The Morgan fingerprint density at radius 2 is 1.18 bits per heavy atom. The smallest absolute Gasteiger partial charge is 0.243 e. The second-order valence-corrected chi connectivity index (χ2v) is 15.2. The average Bonchev–Trinajstić information content (AvgIpc) is 3.65. The third kappa shape index (κ3) is 14.0. The maximum atomic E-state index is 14.4. The highest BCUT2D eigenvalue weighted by atomic mass is 35.5. The normalized spacial score (nSPS) is 12.9. The minimum absolute atomic E-state index is 0.112. The van der Waals surface area contributed by atoms with Crippen molar-refractivity contribution < 1.29 is 19.2 Å². The Labute approximate surface area is 355 Å². The van der Waals surface area contributed by atoms with E-state index in [1.807, 2.05) is 84.9 Å². The minimum atomic E-state index is -1.14. The fourth-order valence-corrected chi connectivity index (χ4v) is 7.05. The van der Waals surface area contributed by atoms with Crippen molar-refractivity contribution in [2.45, 2.75) is 75.5 Å². The van der Waals surface area contributed by atoms with Gasteiger partial charge in [0.05, 0.1) is 0 Å². The molecule has 0 aliphatic heterocycles. The van der Waals surface area contributed by atoms with E-state index in [1.54, 1.807) is 18.3 Å². The fraction of sp³-hybridized carbons (Fsp3) is 0.283. The molecule has 1 aromatic heterocycles. The Morgan fingerprint density at radius 1 is 0.633 bits per heavy atom. The number of aliphatic imine (C=N–C) groups is 1. The molecule has 4 atom stereocenters. The predicted molar refractivity (Wildman–Crippen MR) is 238 cm³/mol. The predicted octanol–water partition coefficient (Wildman–Crippen LogP) is 4.34. The van der Waals surface area contributed by atoms with Crippen LogP contribution in [-0.2, 0) is 44.9 Å². The van der Waals surface area contributed by atoms with E-state index in [1.165, 1.54) is 5.56 Å². The summed E-state index contributed by atoms with van der Waals surface area (Å²) in [6.07, 6.45) is 5.00. The van der Waals surface area contributed by atoms with Gasteiger partial charge in [-0.25, -0.2) is 0 Å². The molecule has 5 rings (SSSR count). The van der Waals surface area contributed by atoms with Crippen LogP contribution in [0.15, 0.2) is 133 Å². The van der Waals surface area contributed by atoms with Gasteiger partial charge in [0.2, 0.25) is 23.6 Å². The molecular formula is C46H54ClN9O4. The van der Waals surface area contributed by atoms with Crippen LogP contribution < -0.4 is 38.5 Å². The molecular weight excluding hydrogens is 778 g/mol. The van der Waals surface area contributed by atoms with Crippen LogP contribution in [0.2, 0.25) is 5.02 Å². The summed E-state index contributed by atoms with van der Waals surface area (Å²) < 4.78 is 0. The van der Waals surface area contributed by atoms with Crippen molar-refractivity contribution in [2.24, 2.45) is 22.2 Å². The summed E-state index contributed by atoms with van der Waals surface area (Å²) in [5.41, 5.74) is 22.1. The van der Waals surface area contributed by atoms with E-state index >= 15 is 0 Å². The second-order valence-electron chi connectivity index (χ2n) is 14.8. The third-order valence-corrected chi connectivity index (χ3v) is 10.3. The summed E-state index contributed by atoms with van der Waals surface area (Å²) in [6.45, 7) is 4.42. The molecule has 0 aliphatic carbocycles. The molecule has 0 radical (unpaired) electrons. The highest BCUT2D eigenvalue weighted by Gasteiger charge is 2.31. The fourth-order valence-electron chi connectivity index (χ4n) is 6.93. The van der Waals surface area contributed by atoms with Crippen LogP contribution in [0.25, 0.3) is 10.9 Å². The molecule has 0 saturated heterocycles. The number of H-pyrrole nitrogens is 1. The maximum absolute atomic E-state index is 14.4. The van der Waals surface area contributed by atoms with E-state index in [0.29, 0.717) is 23.6 Å². The van der Waals surface area contributed by atoms with Crippen molar-refractivity contribution in [3.63, 3.8) is 0 Å². The number of fused-ring (bicyclic) bond motifs is 1. The lowest BCUT2D eigenvalue weighted by atomic mass is 10.0. The Morgan fingerprint density at radius 3 is 1.83 bits per heavy atom. The number of aromatic nitrogens is 1. The summed E-state index contributed by atoms with van der Waals surface area (Å²) in [6, 6.07) is 30.0. The van der Waals surface area contributed by atoms with E-state index in [0.717, 1.165) is 40.4 Å². The van der Waals surface area contributed by atoms with Crippen LogP contribution in [-0.4, -0.2) is 65.3 Å². The van der Waals surface area contributed by atoms with E-state index in [-0.39, 0.29) is 38.2 Å². The highest BCUT2D eigenvalue weighted by molar-refractivity contribution is 6.30. The molecule has 13 nitrogen and oxygen atoms in total. The van der Waals surface area contributed by atoms with Crippen LogP contribution >= 0.6 is 11.6 Å². The number of rotatable bonds is 23. The van der Waals surface area contributed by atoms with Crippen LogP contribution in [0.1, 0.15) is 47.9 Å². The standard InChI is InChI=1S/C46H54ClN9O4/c1-30(12-10-17-31-13-4-2-5-14-31)53-40(27-33-21-23-35(47)24-22-33)44(59)56-41(26-32-15-6-3-7-16-32)45(60)54-38(20-11-25-51-46(49)50)43(58)55-39(42(48)57)28-34-29-52-37-19-9-8-18-36(34)37/h2-9,13-16,18-19,21-24,29,38-41,52-53H,1,10-12,17,20,25-28H2,(H2,48,57)(H,54,60)(H,55,58)(H,56,59)(H4,49,50,51)/t38-,39+,40+,41-/m1/s1. The number of nitrogens with one attached hydrogen (secondary N) is 5. The second kappa shape index (κ2) is 22.5. The lowest BCUT2D eigenvalue weighted by Gasteiger charge is -2.27. The highest BCUT2D eigenvalue weighted by Crippen LogP contribution is 2.20. The number of guanidine groups is 1. The first-order valence-corrected chi connectivity index (χ1v) is 20.4. The number of benzene rings is 4. The first-order chi connectivity index (χ1) is 28.9. The van der Waals surface area contributed by atoms with E-state index in [9.17, 15) is 19.2 Å². The number of aryl methyl sites for hydroxylation is 1. The van der Waals surface area contributed by atoms with Gasteiger partial charge in [-0.1, -0.05) is 109 Å².